The number of carbonyl (C=O) groups is 2. The number of hydrogen-bond donors (Lipinski definition) is 2. The van der Waals surface area contributed by atoms with Gasteiger partial charge in [-0.15, -0.1) is 11.8 Å². The van der Waals surface area contributed by atoms with E-state index in [1.807, 2.05) is 69.5 Å². The minimum absolute atomic E-state index is 0.212. The molecule has 0 spiro atoms. The molecule has 2 aromatic carbocycles. The van der Waals surface area contributed by atoms with Crippen molar-refractivity contribution in [2.75, 3.05) is 11.6 Å². The van der Waals surface area contributed by atoms with Crippen LogP contribution in [0.4, 0.5) is 5.69 Å². The van der Waals surface area contributed by atoms with Gasteiger partial charge in [0.15, 0.2) is 0 Å². The van der Waals surface area contributed by atoms with Crippen LogP contribution < -0.4 is 10.6 Å². The van der Waals surface area contributed by atoms with Crippen molar-refractivity contribution in [3.8, 4) is 0 Å². The van der Waals surface area contributed by atoms with Gasteiger partial charge in [0.2, 0.25) is 0 Å². The molecule has 2 N–H and O–H groups in total. The third-order valence-electron chi connectivity index (χ3n) is 3.65. The Morgan fingerprint density at radius 2 is 1.70 bits per heavy atom. The van der Waals surface area contributed by atoms with Gasteiger partial charge in [-0.05, 0) is 56.4 Å². The summed E-state index contributed by atoms with van der Waals surface area (Å²) in [6.07, 6.45) is 1.95. The monoisotopic (exact) mass is 386 g/mol. The van der Waals surface area contributed by atoms with Crippen molar-refractivity contribution in [3.05, 3.63) is 59.7 Å². The van der Waals surface area contributed by atoms with E-state index in [2.05, 4.69) is 10.6 Å². The first-order chi connectivity index (χ1) is 12.8. The molecule has 144 valence electrons. The molecule has 0 bridgehead atoms. The lowest BCUT2D eigenvalue weighted by Gasteiger charge is -2.19. The van der Waals surface area contributed by atoms with E-state index in [0.717, 1.165) is 16.0 Å². The van der Waals surface area contributed by atoms with Gasteiger partial charge in [-0.1, -0.05) is 30.3 Å². The highest BCUT2D eigenvalue weighted by Crippen LogP contribution is 2.19. The van der Waals surface area contributed by atoms with Gasteiger partial charge >= 0.3 is 11.8 Å². The van der Waals surface area contributed by atoms with Crippen LogP contribution in [0.3, 0.4) is 0 Å². The summed E-state index contributed by atoms with van der Waals surface area (Å²) in [5, 5.41) is 5.27. The summed E-state index contributed by atoms with van der Waals surface area (Å²) in [4.78, 5) is 25.1. The van der Waals surface area contributed by atoms with E-state index < -0.39 is 11.8 Å². The first-order valence-electron chi connectivity index (χ1n) is 8.72. The number of ether oxygens (including phenoxy) is 1. The van der Waals surface area contributed by atoms with Crippen molar-refractivity contribution in [3.63, 3.8) is 0 Å². The van der Waals surface area contributed by atoms with Crippen molar-refractivity contribution >= 4 is 29.3 Å². The van der Waals surface area contributed by atoms with Crippen LogP contribution in [0.1, 0.15) is 31.9 Å². The molecule has 0 aliphatic heterocycles. The Balaban J connectivity index is 1.88. The number of hydrogen-bond acceptors (Lipinski definition) is 4. The number of nitrogens with one attached hydrogen (secondary N) is 2. The van der Waals surface area contributed by atoms with Crippen LogP contribution in [0.15, 0.2) is 53.4 Å². The van der Waals surface area contributed by atoms with Crippen LogP contribution in [0.25, 0.3) is 0 Å². The lowest BCUT2D eigenvalue weighted by Crippen LogP contribution is -2.35. The number of carbonyl (C=O) groups excluding carboxylic acids is 2. The maximum absolute atomic E-state index is 12.1. The molecule has 0 unspecified atom stereocenters. The number of thioether (sulfide) groups is 1. The molecule has 2 rings (SSSR count). The Hall–Kier alpha value is -2.31. The fraction of sp³-hybridized carbons (Fsp3) is 0.333. The zero-order valence-electron chi connectivity index (χ0n) is 16.2. The Kier molecular flexibility index (Phi) is 7.45. The molecule has 5 nitrogen and oxygen atoms in total. The molecule has 2 aromatic rings. The van der Waals surface area contributed by atoms with Crippen LogP contribution in [-0.2, 0) is 27.5 Å². The highest BCUT2D eigenvalue weighted by molar-refractivity contribution is 7.98. The van der Waals surface area contributed by atoms with Gasteiger partial charge in [0.1, 0.15) is 0 Å². The van der Waals surface area contributed by atoms with Crippen molar-refractivity contribution in [1.29, 1.82) is 0 Å². The van der Waals surface area contributed by atoms with E-state index in [-0.39, 0.29) is 12.1 Å². The van der Waals surface area contributed by atoms with Crippen molar-refractivity contribution in [2.45, 2.75) is 44.4 Å². The van der Waals surface area contributed by atoms with Crippen molar-refractivity contribution in [1.82, 2.24) is 5.32 Å². The lowest BCUT2D eigenvalue weighted by molar-refractivity contribution is -0.136. The molecule has 0 atom stereocenters. The van der Waals surface area contributed by atoms with Crippen LogP contribution in [-0.4, -0.2) is 23.7 Å². The molecule has 0 aliphatic rings. The Morgan fingerprint density at radius 3 is 2.41 bits per heavy atom. The molecule has 0 saturated heterocycles. The first kappa shape index (κ1) is 21.0. The van der Waals surface area contributed by atoms with E-state index in [4.69, 9.17) is 4.74 Å². The molecule has 0 fully saturated rings. The quantitative estimate of drug-likeness (QED) is 0.582. The fourth-order valence-electron chi connectivity index (χ4n) is 2.28. The highest BCUT2D eigenvalue weighted by atomic mass is 32.2. The summed E-state index contributed by atoms with van der Waals surface area (Å²) >= 11 is 1.57. The molecule has 0 saturated carbocycles. The number of benzene rings is 2. The van der Waals surface area contributed by atoms with Crippen LogP contribution in [0.2, 0.25) is 0 Å². The second-order valence-corrected chi connectivity index (χ2v) is 7.97. The SMILES string of the molecule is CSc1cccc(NC(=O)C(=O)NCc2cccc(COC(C)(C)C)c2)c1. The van der Waals surface area contributed by atoms with E-state index in [1.54, 1.807) is 17.8 Å². The van der Waals surface area contributed by atoms with E-state index >= 15 is 0 Å². The maximum atomic E-state index is 12.1. The van der Waals surface area contributed by atoms with Gasteiger partial charge in [0.25, 0.3) is 0 Å². The van der Waals surface area contributed by atoms with Gasteiger partial charge in [-0.25, -0.2) is 0 Å². The zero-order valence-corrected chi connectivity index (χ0v) is 17.0. The highest BCUT2D eigenvalue weighted by Gasteiger charge is 2.14. The largest absolute Gasteiger partial charge is 0.371 e. The minimum atomic E-state index is -0.680. The second kappa shape index (κ2) is 9.58. The predicted molar refractivity (Wildman–Crippen MR) is 110 cm³/mol. The summed E-state index contributed by atoms with van der Waals surface area (Å²) in [5.74, 6) is -1.35. The summed E-state index contributed by atoms with van der Waals surface area (Å²) in [5.41, 5.74) is 2.32. The number of rotatable bonds is 6. The van der Waals surface area contributed by atoms with Crippen molar-refractivity contribution in [2.24, 2.45) is 0 Å². The summed E-state index contributed by atoms with van der Waals surface area (Å²) in [6, 6.07) is 15.1. The van der Waals surface area contributed by atoms with Gasteiger partial charge in [0.05, 0.1) is 12.2 Å². The van der Waals surface area contributed by atoms with E-state index in [9.17, 15) is 9.59 Å². The Bertz CT molecular complexity index is 800. The topological polar surface area (TPSA) is 67.4 Å². The Labute approximate surface area is 164 Å². The zero-order chi connectivity index (χ0) is 19.9. The molecular formula is C21H26N2O3S. The lowest BCUT2D eigenvalue weighted by atomic mass is 10.1. The summed E-state index contributed by atoms with van der Waals surface area (Å²) in [6.45, 7) is 6.79. The van der Waals surface area contributed by atoms with E-state index in [1.165, 1.54) is 0 Å². The van der Waals surface area contributed by atoms with Gasteiger partial charge in [-0.3, -0.25) is 9.59 Å². The molecule has 0 heterocycles. The number of anilines is 1. The molecule has 27 heavy (non-hydrogen) atoms. The third kappa shape index (κ3) is 7.45. The molecule has 0 aliphatic carbocycles. The molecular weight excluding hydrogens is 360 g/mol. The standard InChI is InChI=1S/C21H26N2O3S/c1-21(2,3)26-14-16-8-5-7-15(11-16)13-22-19(24)20(25)23-17-9-6-10-18(12-17)27-4/h5-12H,13-14H2,1-4H3,(H,22,24)(H,23,25). The van der Waals surface area contributed by atoms with Gasteiger partial charge < -0.3 is 15.4 Å². The minimum Gasteiger partial charge on any atom is -0.371 e. The number of amides is 2. The molecule has 0 radical (unpaired) electrons. The third-order valence-corrected chi connectivity index (χ3v) is 4.38. The van der Waals surface area contributed by atoms with Gasteiger partial charge in [-0.2, -0.15) is 0 Å². The molecule has 6 heteroatoms. The first-order valence-corrected chi connectivity index (χ1v) is 9.94. The molecule has 2 amide bonds. The van der Waals surface area contributed by atoms with Crippen molar-refractivity contribution < 1.29 is 14.3 Å². The average Bonchev–Trinajstić information content (AvgIpc) is 2.64. The fourth-order valence-corrected chi connectivity index (χ4v) is 2.74. The normalized spacial score (nSPS) is 11.1. The van der Waals surface area contributed by atoms with Crippen LogP contribution >= 0.6 is 11.8 Å². The second-order valence-electron chi connectivity index (χ2n) is 7.09. The van der Waals surface area contributed by atoms with Crippen LogP contribution in [0, 0.1) is 0 Å². The van der Waals surface area contributed by atoms with Crippen LogP contribution in [0.5, 0.6) is 0 Å². The molecule has 0 aromatic heterocycles. The predicted octanol–water partition coefficient (Wildman–Crippen LogP) is 3.98. The van der Waals surface area contributed by atoms with E-state index in [0.29, 0.717) is 12.3 Å². The Morgan fingerprint density at radius 1 is 1.00 bits per heavy atom. The maximum Gasteiger partial charge on any atom is 0.313 e. The summed E-state index contributed by atoms with van der Waals surface area (Å²) in [7, 11) is 0. The summed E-state index contributed by atoms with van der Waals surface area (Å²) < 4.78 is 5.77. The van der Waals surface area contributed by atoms with Gasteiger partial charge in [0, 0.05) is 17.1 Å². The smallest absolute Gasteiger partial charge is 0.313 e. The average molecular weight is 387 g/mol.